The predicted octanol–water partition coefficient (Wildman–Crippen LogP) is 7.42. The van der Waals surface area contributed by atoms with E-state index in [1.807, 2.05) is 36.4 Å². The zero-order chi connectivity index (χ0) is 28.0. The third kappa shape index (κ3) is 8.06. The number of halogens is 6. The predicted molar refractivity (Wildman–Crippen MR) is 135 cm³/mol. The van der Waals surface area contributed by atoms with E-state index >= 15 is 0 Å². The fourth-order valence-corrected chi connectivity index (χ4v) is 3.53. The Morgan fingerprint density at radius 3 is 1.95 bits per heavy atom. The molecule has 0 saturated heterocycles. The first-order valence-corrected chi connectivity index (χ1v) is 11.8. The first-order chi connectivity index (χ1) is 18.5. The van der Waals surface area contributed by atoms with Gasteiger partial charge in [-0.15, -0.1) is 0 Å². The minimum Gasteiger partial charge on any atom is -0.454 e. The van der Waals surface area contributed by atoms with Crippen LogP contribution in [0.2, 0.25) is 0 Å². The smallest absolute Gasteiger partial charge is 0.422 e. The fraction of sp³-hybridized carbons (Fsp3) is 0.222. The van der Waals surface area contributed by atoms with Crippen molar-refractivity contribution in [2.24, 2.45) is 0 Å². The van der Waals surface area contributed by atoms with Crippen LogP contribution in [0.5, 0.6) is 6.01 Å². The van der Waals surface area contributed by atoms with Gasteiger partial charge in [0.1, 0.15) is 0 Å². The number of aryl methyl sites for hydroxylation is 1. The van der Waals surface area contributed by atoms with E-state index in [2.05, 4.69) is 49.4 Å². The fourth-order valence-electron chi connectivity index (χ4n) is 3.53. The van der Waals surface area contributed by atoms with Crippen LogP contribution in [0.25, 0.3) is 11.1 Å². The molecular weight excluding hydrogens is 524 g/mol. The summed E-state index contributed by atoms with van der Waals surface area (Å²) in [7, 11) is 0. The Bertz CT molecular complexity index is 1390. The SMILES string of the molecule is CCc1ccc(-c2ccc(CNc3nc(Nc4cccc(C(F)(F)F)c4)nc(OCC(F)(F)F)n3)cc2)cc1. The summed E-state index contributed by atoms with van der Waals surface area (Å²) in [5.41, 5.74) is 3.19. The number of anilines is 3. The summed E-state index contributed by atoms with van der Waals surface area (Å²) < 4.78 is 81.8. The number of nitrogens with zero attached hydrogens (tertiary/aromatic N) is 3. The maximum atomic E-state index is 13.1. The first kappa shape index (κ1) is 27.7. The molecule has 0 bridgehead atoms. The van der Waals surface area contributed by atoms with Gasteiger partial charge in [-0.2, -0.15) is 41.3 Å². The maximum Gasteiger partial charge on any atom is 0.422 e. The van der Waals surface area contributed by atoms with Gasteiger partial charge in [0.05, 0.1) is 5.56 Å². The number of alkyl halides is 6. The van der Waals surface area contributed by atoms with Crippen molar-refractivity contribution < 1.29 is 31.1 Å². The average Bonchev–Trinajstić information content (AvgIpc) is 2.90. The molecule has 0 aliphatic rings. The summed E-state index contributed by atoms with van der Waals surface area (Å²) in [6, 6.07) is 19.4. The highest BCUT2D eigenvalue weighted by atomic mass is 19.4. The normalized spacial score (nSPS) is 11.8. The second-order valence-corrected chi connectivity index (χ2v) is 8.47. The molecule has 6 nitrogen and oxygen atoms in total. The summed E-state index contributed by atoms with van der Waals surface area (Å²) in [4.78, 5) is 11.7. The second-order valence-electron chi connectivity index (χ2n) is 8.47. The summed E-state index contributed by atoms with van der Waals surface area (Å²) in [5, 5.41) is 5.45. The van der Waals surface area contributed by atoms with E-state index in [-0.39, 0.29) is 24.1 Å². The number of hydrogen-bond donors (Lipinski definition) is 2. The van der Waals surface area contributed by atoms with E-state index in [9.17, 15) is 26.3 Å². The Balaban J connectivity index is 1.50. The summed E-state index contributed by atoms with van der Waals surface area (Å²) in [5.74, 6) is -0.425. The molecule has 1 heterocycles. The molecular formula is C27H23F6N5O. The lowest BCUT2D eigenvalue weighted by atomic mass is 10.0. The molecule has 0 amide bonds. The van der Waals surface area contributed by atoms with Gasteiger partial charge in [-0.25, -0.2) is 0 Å². The van der Waals surface area contributed by atoms with Gasteiger partial charge in [-0.05, 0) is 46.9 Å². The van der Waals surface area contributed by atoms with Gasteiger partial charge in [-0.1, -0.05) is 61.5 Å². The van der Waals surface area contributed by atoms with Crippen LogP contribution in [-0.2, 0) is 19.1 Å². The molecule has 0 spiro atoms. The van der Waals surface area contributed by atoms with Crippen molar-refractivity contribution in [2.45, 2.75) is 32.2 Å². The lowest BCUT2D eigenvalue weighted by molar-refractivity contribution is -0.154. The van der Waals surface area contributed by atoms with Gasteiger partial charge in [0.25, 0.3) is 0 Å². The average molecular weight is 548 g/mol. The minimum atomic E-state index is -4.65. The Hall–Kier alpha value is -4.35. The standard InChI is InChI=1S/C27H23F6N5O/c1-2-17-6-10-19(11-7-17)20-12-8-18(9-13-20)15-34-23-36-24(38-25(37-23)39-16-26(28,29)30)35-22-5-3-4-21(14-22)27(31,32)33/h3-14H,2,15-16H2,1H3,(H2,34,35,36,37,38). The van der Waals surface area contributed by atoms with Crippen LogP contribution in [0.4, 0.5) is 43.9 Å². The molecule has 12 heteroatoms. The number of hydrogen-bond acceptors (Lipinski definition) is 6. The number of aromatic nitrogens is 3. The van der Waals surface area contributed by atoms with Gasteiger partial charge in [-0.3, -0.25) is 0 Å². The lowest BCUT2D eigenvalue weighted by Gasteiger charge is -2.13. The van der Waals surface area contributed by atoms with E-state index in [0.29, 0.717) is 0 Å². The van der Waals surface area contributed by atoms with Crippen molar-refractivity contribution in [1.82, 2.24) is 15.0 Å². The zero-order valence-electron chi connectivity index (χ0n) is 20.6. The van der Waals surface area contributed by atoms with Crippen LogP contribution in [0.3, 0.4) is 0 Å². The van der Waals surface area contributed by atoms with E-state index in [0.717, 1.165) is 35.2 Å². The van der Waals surface area contributed by atoms with E-state index < -0.39 is 30.5 Å². The molecule has 0 radical (unpaired) electrons. The van der Waals surface area contributed by atoms with Gasteiger partial charge < -0.3 is 15.4 Å². The highest BCUT2D eigenvalue weighted by molar-refractivity contribution is 5.64. The summed E-state index contributed by atoms with van der Waals surface area (Å²) in [6.45, 7) is 0.639. The molecule has 0 atom stereocenters. The molecule has 4 rings (SSSR count). The maximum absolute atomic E-state index is 13.1. The first-order valence-electron chi connectivity index (χ1n) is 11.8. The monoisotopic (exact) mass is 547 g/mol. The van der Waals surface area contributed by atoms with Gasteiger partial charge in [0.2, 0.25) is 11.9 Å². The van der Waals surface area contributed by atoms with Crippen molar-refractivity contribution in [3.05, 3.63) is 89.5 Å². The van der Waals surface area contributed by atoms with E-state index in [4.69, 9.17) is 0 Å². The molecule has 0 aliphatic heterocycles. The van der Waals surface area contributed by atoms with Gasteiger partial charge in [0, 0.05) is 12.2 Å². The molecule has 0 fully saturated rings. The summed E-state index contributed by atoms with van der Waals surface area (Å²) in [6.07, 6.45) is -8.28. The molecule has 0 aliphatic carbocycles. The van der Waals surface area contributed by atoms with E-state index in [1.165, 1.54) is 17.7 Å². The quantitative estimate of drug-likeness (QED) is 0.213. The van der Waals surface area contributed by atoms with Crippen LogP contribution in [-0.4, -0.2) is 27.7 Å². The van der Waals surface area contributed by atoms with Gasteiger partial charge >= 0.3 is 18.4 Å². The highest BCUT2D eigenvalue weighted by Gasteiger charge is 2.31. The summed E-state index contributed by atoms with van der Waals surface area (Å²) >= 11 is 0. The van der Waals surface area contributed by atoms with Crippen LogP contribution in [0.15, 0.2) is 72.8 Å². The van der Waals surface area contributed by atoms with Crippen molar-refractivity contribution in [3.63, 3.8) is 0 Å². The van der Waals surface area contributed by atoms with Crippen molar-refractivity contribution in [3.8, 4) is 17.1 Å². The molecule has 1 aromatic heterocycles. The Morgan fingerprint density at radius 1 is 0.744 bits per heavy atom. The molecule has 0 unspecified atom stereocenters. The molecule has 204 valence electrons. The number of rotatable bonds is 9. The Morgan fingerprint density at radius 2 is 1.36 bits per heavy atom. The van der Waals surface area contributed by atoms with Crippen LogP contribution >= 0.6 is 0 Å². The Kier molecular flexibility index (Phi) is 8.22. The van der Waals surface area contributed by atoms with Crippen LogP contribution in [0.1, 0.15) is 23.6 Å². The highest BCUT2D eigenvalue weighted by Crippen LogP contribution is 2.31. The molecule has 4 aromatic rings. The van der Waals surface area contributed by atoms with Crippen molar-refractivity contribution >= 4 is 17.6 Å². The van der Waals surface area contributed by atoms with E-state index in [1.54, 1.807) is 0 Å². The third-order valence-electron chi connectivity index (χ3n) is 5.53. The van der Waals surface area contributed by atoms with Crippen molar-refractivity contribution in [2.75, 3.05) is 17.2 Å². The molecule has 2 N–H and O–H groups in total. The number of nitrogens with one attached hydrogen (secondary N) is 2. The largest absolute Gasteiger partial charge is 0.454 e. The van der Waals surface area contributed by atoms with Gasteiger partial charge in [0.15, 0.2) is 6.61 Å². The van der Waals surface area contributed by atoms with Crippen molar-refractivity contribution in [1.29, 1.82) is 0 Å². The Labute approximate surface area is 220 Å². The minimum absolute atomic E-state index is 0.0219. The molecule has 0 saturated carbocycles. The molecule has 3 aromatic carbocycles. The molecule has 39 heavy (non-hydrogen) atoms. The lowest BCUT2D eigenvalue weighted by Crippen LogP contribution is -2.21. The van der Waals surface area contributed by atoms with Crippen LogP contribution in [0, 0.1) is 0 Å². The zero-order valence-corrected chi connectivity index (χ0v) is 20.6. The second kappa shape index (κ2) is 11.6. The third-order valence-corrected chi connectivity index (χ3v) is 5.53. The topological polar surface area (TPSA) is 72.0 Å². The van der Waals surface area contributed by atoms with Crippen LogP contribution < -0.4 is 15.4 Å². The number of benzene rings is 3. The number of ether oxygens (including phenoxy) is 1.